The van der Waals surface area contributed by atoms with Crippen molar-refractivity contribution in [2.75, 3.05) is 19.6 Å². The van der Waals surface area contributed by atoms with Crippen molar-refractivity contribution >= 4 is 0 Å². The van der Waals surface area contributed by atoms with Crippen molar-refractivity contribution in [2.45, 2.75) is 51.1 Å². The fourth-order valence-corrected chi connectivity index (χ4v) is 3.16. The normalized spacial score (nSPS) is 36.2. The summed E-state index contributed by atoms with van der Waals surface area (Å²) in [5, 5.41) is 3.52. The lowest BCUT2D eigenvalue weighted by molar-refractivity contribution is 0.0563. The fraction of sp³-hybridized carbons (Fsp3) is 1.00. The van der Waals surface area contributed by atoms with E-state index in [1.165, 1.54) is 38.9 Å². The number of hydrogen-bond acceptors (Lipinski definition) is 2. The summed E-state index contributed by atoms with van der Waals surface area (Å²) >= 11 is 0. The molecule has 0 aromatic rings. The lowest BCUT2D eigenvalue weighted by Crippen LogP contribution is -2.54. The molecule has 1 spiro atoms. The highest BCUT2D eigenvalue weighted by Crippen LogP contribution is 2.39. The maximum atomic E-state index is 3.52. The zero-order chi connectivity index (χ0) is 9.53. The third-order valence-corrected chi connectivity index (χ3v) is 3.63. The van der Waals surface area contributed by atoms with Crippen LogP contribution in [0.25, 0.3) is 0 Å². The minimum absolute atomic E-state index is 0.350. The lowest BCUT2D eigenvalue weighted by atomic mass is 9.91. The molecule has 2 saturated heterocycles. The Balaban J connectivity index is 2.18. The second kappa shape index (κ2) is 2.96. The molecule has 0 aromatic heterocycles. The lowest BCUT2D eigenvalue weighted by Gasteiger charge is -2.44. The van der Waals surface area contributed by atoms with Gasteiger partial charge in [0.2, 0.25) is 0 Å². The minimum Gasteiger partial charge on any atom is -0.315 e. The van der Waals surface area contributed by atoms with Gasteiger partial charge in [-0.15, -0.1) is 0 Å². The van der Waals surface area contributed by atoms with Crippen LogP contribution in [0.1, 0.15) is 40.0 Å². The van der Waals surface area contributed by atoms with Gasteiger partial charge in [0.25, 0.3) is 0 Å². The van der Waals surface area contributed by atoms with Gasteiger partial charge in [0.1, 0.15) is 0 Å². The molecule has 2 fully saturated rings. The van der Waals surface area contributed by atoms with E-state index in [9.17, 15) is 0 Å². The van der Waals surface area contributed by atoms with Crippen molar-refractivity contribution in [2.24, 2.45) is 0 Å². The highest BCUT2D eigenvalue weighted by Gasteiger charge is 2.46. The largest absolute Gasteiger partial charge is 0.315 e. The predicted molar refractivity (Wildman–Crippen MR) is 55.9 cm³/mol. The van der Waals surface area contributed by atoms with E-state index in [2.05, 4.69) is 31.0 Å². The molecule has 2 nitrogen and oxygen atoms in total. The highest BCUT2D eigenvalue weighted by molar-refractivity contribution is 5.05. The Kier molecular flexibility index (Phi) is 2.16. The molecule has 0 radical (unpaired) electrons. The van der Waals surface area contributed by atoms with Crippen LogP contribution in [0.2, 0.25) is 0 Å². The number of hydrogen-bond donors (Lipinski definition) is 1. The Morgan fingerprint density at radius 2 is 2.00 bits per heavy atom. The summed E-state index contributed by atoms with van der Waals surface area (Å²) < 4.78 is 0. The molecule has 13 heavy (non-hydrogen) atoms. The van der Waals surface area contributed by atoms with Gasteiger partial charge >= 0.3 is 0 Å². The number of nitrogens with one attached hydrogen (secondary N) is 1. The molecule has 1 unspecified atom stereocenters. The molecule has 2 heterocycles. The molecule has 0 saturated carbocycles. The average Bonchev–Trinajstić information content (AvgIpc) is 2.60. The molecule has 2 rings (SSSR count). The Morgan fingerprint density at radius 1 is 1.23 bits per heavy atom. The van der Waals surface area contributed by atoms with Gasteiger partial charge < -0.3 is 5.32 Å². The first-order valence-electron chi connectivity index (χ1n) is 5.53. The second-order valence-corrected chi connectivity index (χ2v) is 5.58. The molecule has 0 aliphatic carbocycles. The molecule has 0 bridgehead atoms. The molecule has 2 heteroatoms. The van der Waals surface area contributed by atoms with E-state index in [4.69, 9.17) is 0 Å². The maximum absolute atomic E-state index is 3.52. The van der Waals surface area contributed by atoms with Crippen LogP contribution >= 0.6 is 0 Å². The smallest absolute Gasteiger partial charge is 0.0351 e. The Morgan fingerprint density at radius 3 is 2.54 bits per heavy atom. The number of rotatable bonds is 0. The van der Waals surface area contributed by atoms with Gasteiger partial charge in [-0.05, 0) is 53.1 Å². The third-order valence-electron chi connectivity index (χ3n) is 3.63. The van der Waals surface area contributed by atoms with Crippen LogP contribution in [-0.4, -0.2) is 35.6 Å². The van der Waals surface area contributed by atoms with Crippen LogP contribution < -0.4 is 5.32 Å². The van der Waals surface area contributed by atoms with Crippen molar-refractivity contribution in [3.63, 3.8) is 0 Å². The molecule has 2 aliphatic heterocycles. The van der Waals surface area contributed by atoms with Crippen molar-refractivity contribution in [3.05, 3.63) is 0 Å². The Labute approximate surface area is 81.7 Å². The van der Waals surface area contributed by atoms with Gasteiger partial charge in [0, 0.05) is 17.6 Å². The van der Waals surface area contributed by atoms with Gasteiger partial charge in [-0.25, -0.2) is 0 Å². The van der Waals surface area contributed by atoms with Crippen LogP contribution in [-0.2, 0) is 0 Å². The molecule has 0 amide bonds. The summed E-state index contributed by atoms with van der Waals surface area (Å²) in [6.07, 6.45) is 4.14. The zero-order valence-corrected chi connectivity index (χ0v) is 9.19. The minimum atomic E-state index is 0.350. The second-order valence-electron chi connectivity index (χ2n) is 5.58. The molecule has 2 aliphatic rings. The highest BCUT2D eigenvalue weighted by atomic mass is 15.3. The van der Waals surface area contributed by atoms with Crippen molar-refractivity contribution in [1.29, 1.82) is 0 Å². The van der Waals surface area contributed by atoms with Gasteiger partial charge in [-0.1, -0.05) is 0 Å². The summed E-state index contributed by atoms with van der Waals surface area (Å²) in [5.74, 6) is 0. The first kappa shape index (κ1) is 9.47. The molecule has 1 atom stereocenters. The fourth-order valence-electron chi connectivity index (χ4n) is 3.16. The Hall–Kier alpha value is -0.0800. The van der Waals surface area contributed by atoms with E-state index in [1.807, 2.05) is 0 Å². The quantitative estimate of drug-likeness (QED) is 0.612. The van der Waals surface area contributed by atoms with E-state index >= 15 is 0 Å². The molecular formula is C11H22N2. The van der Waals surface area contributed by atoms with E-state index in [1.54, 1.807) is 0 Å². The first-order valence-corrected chi connectivity index (χ1v) is 5.53. The van der Waals surface area contributed by atoms with E-state index in [-0.39, 0.29) is 0 Å². The van der Waals surface area contributed by atoms with Gasteiger partial charge in [0.15, 0.2) is 0 Å². The Bertz CT molecular complexity index is 181. The third kappa shape index (κ3) is 1.50. The summed E-state index contributed by atoms with van der Waals surface area (Å²) in [5.41, 5.74) is 0.862. The molecule has 1 N–H and O–H groups in total. The monoisotopic (exact) mass is 182 g/mol. The first-order chi connectivity index (χ1) is 6.05. The van der Waals surface area contributed by atoms with Gasteiger partial charge in [-0.3, -0.25) is 4.90 Å². The SMILES string of the molecule is CC(C)(C)N1CCCC12CCNC2. The molecular weight excluding hydrogens is 160 g/mol. The van der Waals surface area contributed by atoms with Crippen LogP contribution in [0.3, 0.4) is 0 Å². The number of likely N-dealkylation sites (tertiary alicyclic amines) is 1. The van der Waals surface area contributed by atoms with Crippen molar-refractivity contribution < 1.29 is 0 Å². The summed E-state index contributed by atoms with van der Waals surface area (Å²) in [6, 6.07) is 0. The predicted octanol–water partition coefficient (Wildman–Crippen LogP) is 1.61. The zero-order valence-electron chi connectivity index (χ0n) is 9.19. The topological polar surface area (TPSA) is 15.3 Å². The van der Waals surface area contributed by atoms with E-state index in [0.717, 1.165) is 0 Å². The van der Waals surface area contributed by atoms with Crippen LogP contribution in [0.5, 0.6) is 0 Å². The van der Waals surface area contributed by atoms with Crippen LogP contribution in [0, 0.1) is 0 Å². The molecule has 76 valence electrons. The molecule has 0 aromatic carbocycles. The van der Waals surface area contributed by atoms with E-state index in [0.29, 0.717) is 11.1 Å². The van der Waals surface area contributed by atoms with Gasteiger partial charge in [-0.2, -0.15) is 0 Å². The van der Waals surface area contributed by atoms with Crippen LogP contribution in [0.4, 0.5) is 0 Å². The van der Waals surface area contributed by atoms with Crippen LogP contribution in [0.15, 0.2) is 0 Å². The van der Waals surface area contributed by atoms with Crippen molar-refractivity contribution in [1.82, 2.24) is 10.2 Å². The van der Waals surface area contributed by atoms with E-state index < -0.39 is 0 Å². The van der Waals surface area contributed by atoms with Crippen molar-refractivity contribution in [3.8, 4) is 0 Å². The summed E-state index contributed by atoms with van der Waals surface area (Å²) in [6.45, 7) is 10.8. The standard InChI is InChI=1S/C11H22N2/c1-10(2,3)13-8-4-5-11(13)6-7-12-9-11/h12H,4-9H2,1-3H3. The number of nitrogens with zero attached hydrogens (tertiary/aromatic N) is 1. The summed E-state index contributed by atoms with van der Waals surface area (Å²) in [4.78, 5) is 2.72. The summed E-state index contributed by atoms with van der Waals surface area (Å²) in [7, 11) is 0. The average molecular weight is 182 g/mol. The maximum Gasteiger partial charge on any atom is 0.0351 e. The van der Waals surface area contributed by atoms with Gasteiger partial charge in [0.05, 0.1) is 0 Å².